The Bertz CT molecular complexity index is 913. The van der Waals surface area contributed by atoms with Crippen LogP contribution in [0.1, 0.15) is 15.9 Å². The third-order valence-electron chi connectivity index (χ3n) is 3.08. The van der Waals surface area contributed by atoms with E-state index in [9.17, 15) is 26.4 Å². The number of anilines is 1. The normalized spacial score (nSPS) is 11.9. The Labute approximate surface area is 146 Å². The number of nitrogens with one attached hydrogen (secondary N) is 1. The van der Waals surface area contributed by atoms with Crippen LogP contribution in [0, 0.1) is 0 Å². The number of methoxy groups -OCH3 is 1. The number of carbonyl (C=O) groups is 1. The Morgan fingerprint density at radius 3 is 2.40 bits per heavy atom. The number of hydrogen-bond acceptors (Lipinski definition) is 4. The summed E-state index contributed by atoms with van der Waals surface area (Å²) in [6.45, 7) is 0. The molecule has 134 valence electrons. The Morgan fingerprint density at radius 2 is 1.84 bits per heavy atom. The molecular formula is C15H11ClF3NO4S. The molecule has 0 spiro atoms. The summed E-state index contributed by atoms with van der Waals surface area (Å²) < 4.78 is 69.3. The molecular weight excluding hydrogens is 383 g/mol. The SMILES string of the molecule is COC(=O)c1ccc(S(=O)(=O)Nc2cccc(C(F)(F)F)c2)c(Cl)c1. The van der Waals surface area contributed by atoms with E-state index in [4.69, 9.17) is 11.6 Å². The summed E-state index contributed by atoms with van der Waals surface area (Å²) in [5, 5.41) is -0.276. The topological polar surface area (TPSA) is 72.5 Å². The zero-order valence-corrected chi connectivity index (χ0v) is 14.2. The van der Waals surface area contributed by atoms with E-state index in [1.165, 1.54) is 12.1 Å². The minimum atomic E-state index is -4.61. The van der Waals surface area contributed by atoms with E-state index < -0.39 is 27.7 Å². The quantitative estimate of drug-likeness (QED) is 0.798. The van der Waals surface area contributed by atoms with Gasteiger partial charge in [-0.25, -0.2) is 13.2 Å². The Kier molecular flexibility index (Phi) is 5.28. The maximum absolute atomic E-state index is 12.7. The number of carbonyl (C=O) groups excluding carboxylic acids is 1. The predicted octanol–water partition coefficient (Wildman–Crippen LogP) is 3.95. The summed E-state index contributed by atoms with van der Waals surface area (Å²) in [6, 6.07) is 7.05. The molecule has 1 N–H and O–H groups in total. The van der Waals surface area contributed by atoms with E-state index >= 15 is 0 Å². The molecule has 0 bridgehead atoms. The molecule has 0 unspecified atom stereocenters. The van der Waals surface area contributed by atoms with Crippen LogP contribution in [0.2, 0.25) is 5.02 Å². The average Bonchev–Trinajstić information content (AvgIpc) is 2.52. The van der Waals surface area contributed by atoms with Gasteiger partial charge in [0.25, 0.3) is 10.0 Å². The highest BCUT2D eigenvalue weighted by Gasteiger charge is 2.31. The van der Waals surface area contributed by atoms with Crippen LogP contribution in [0.25, 0.3) is 0 Å². The first-order valence-corrected chi connectivity index (χ1v) is 8.48. The number of esters is 1. The molecule has 0 radical (unpaired) electrons. The van der Waals surface area contributed by atoms with E-state index in [1.54, 1.807) is 0 Å². The van der Waals surface area contributed by atoms with E-state index in [1.807, 2.05) is 4.72 Å². The maximum atomic E-state index is 12.7. The van der Waals surface area contributed by atoms with Crippen molar-refractivity contribution in [2.24, 2.45) is 0 Å². The molecule has 10 heteroatoms. The highest BCUT2D eigenvalue weighted by molar-refractivity contribution is 7.92. The van der Waals surface area contributed by atoms with Crippen LogP contribution in [-0.2, 0) is 20.9 Å². The second kappa shape index (κ2) is 6.93. The molecule has 2 aromatic carbocycles. The number of alkyl halides is 3. The van der Waals surface area contributed by atoms with Gasteiger partial charge < -0.3 is 4.74 Å². The summed E-state index contributed by atoms with van der Waals surface area (Å²) in [6.07, 6.45) is -4.61. The fraction of sp³-hybridized carbons (Fsp3) is 0.133. The molecule has 25 heavy (non-hydrogen) atoms. The number of halogens is 4. The van der Waals surface area contributed by atoms with Gasteiger partial charge in [0.1, 0.15) is 4.90 Å². The van der Waals surface area contributed by atoms with Crippen LogP contribution >= 0.6 is 11.6 Å². The third kappa shape index (κ3) is 4.43. The molecule has 5 nitrogen and oxygen atoms in total. The smallest absolute Gasteiger partial charge is 0.416 e. The lowest BCUT2D eigenvalue weighted by Gasteiger charge is -2.12. The van der Waals surface area contributed by atoms with Gasteiger partial charge in [-0.3, -0.25) is 4.72 Å². The van der Waals surface area contributed by atoms with Crippen molar-refractivity contribution in [2.75, 3.05) is 11.8 Å². The van der Waals surface area contributed by atoms with E-state index in [0.717, 1.165) is 31.4 Å². The molecule has 0 aliphatic carbocycles. The predicted molar refractivity (Wildman–Crippen MR) is 85.0 cm³/mol. The van der Waals surface area contributed by atoms with Gasteiger partial charge in [-0.1, -0.05) is 17.7 Å². The highest BCUT2D eigenvalue weighted by atomic mass is 35.5. The second-order valence-corrected chi connectivity index (χ2v) is 6.88. The average molecular weight is 394 g/mol. The largest absolute Gasteiger partial charge is 0.465 e. The lowest BCUT2D eigenvalue weighted by atomic mass is 10.2. The second-order valence-electron chi connectivity index (χ2n) is 4.82. The van der Waals surface area contributed by atoms with Crippen molar-refractivity contribution < 1.29 is 31.1 Å². The first-order valence-electron chi connectivity index (χ1n) is 6.62. The molecule has 0 heterocycles. The number of rotatable bonds is 4. The van der Waals surface area contributed by atoms with Crippen LogP contribution in [0.15, 0.2) is 47.4 Å². The van der Waals surface area contributed by atoms with Crippen molar-refractivity contribution >= 4 is 33.3 Å². The van der Waals surface area contributed by atoms with Crippen LogP contribution < -0.4 is 4.72 Å². The van der Waals surface area contributed by atoms with Gasteiger partial charge in [-0.05, 0) is 36.4 Å². The zero-order chi connectivity index (χ0) is 18.8. The highest BCUT2D eigenvalue weighted by Crippen LogP contribution is 2.32. The van der Waals surface area contributed by atoms with E-state index in [0.29, 0.717) is 6.07 Å². The summed E-state index contributed by atoms with van der Waals surface area (Å²) in [5.74, 6) is -0.711. The Hall–Kier alpha value is -2.26. The summed E-state index contributed by atoms with van der Waals surface area (Å²) in [5.41, 5.74) is -1.24. The molecule has 2 aromatic rings. The zero-order valence-electron chi connectivity index (χ0n) is 12.6. The van der Waals surface area contributed by atoms with Gasteiger partial charge >= 0.3 is 12.1 Å². The Balaban J connectivity index is 2.36. The van der Waals surface area contributed by atoms with Crippen molar-refractivity contribution in [1.29, 1.82) is 0 Å². The fourth-order valence-corrected chi connectivity index (χ4v) is 3.53. The van der Waals surface area contributed by atoms with E-state index in [-0.39, 0.29) is 21.2 Å². The van der Waals surface area contributed by atoms with Gasteiger partial charge in [0.05, 0.1) is 23.3 Å². The van der Waals surface area contributed by atoms with E-state index in [2.05, 4.69) is 4.74 Å². The molecule has 0 saturated heterocycles. The number of benzene rings is 2. The Morgan fingerprint density at radius 1 is 1.16 bits per heavy atom. The standard InChI is InChI=1S/C15H11ClF3NO4S/c1-24-14(21)9-5-6-13(12(16)7-9)25(22,23)20-11-4-2-3-10(8-11)15(17,18)19/h2-8,20H,1H3. The van der Waals surface area contributed by atoms with Crippen LogP contribution in [0.4, 0.5) is 18.9 Å². The third-order valence-corrected chi connectivity index (χ3v) is 4.95. The van der Waals surface area contributed by atoms with Gasteiger partial charge in [-0.2, -0.15) is 13.2 Å². The molecule has 0 saturated carbocycles. The van der Waals surface area contributed by atoms with Gasteiger partial charge in [0, 0.05) is 5.69 Å². The van der Waals surface area contributed by atoms with Crippen molar-refractivity contribution in [2.45, 2.75) is 11.1 Å². The first kappa shape index (κ1) is 19.1. The summed E-state index contributed by atoms with van der Waals surface area (Å²) >= 11 is 5.88. The summed E-state index contributed by atoms with van der Waals surface area (Å²) in [4.78, 5) is 11.0. The van der Waals surface area contributed by atoms with Crippen molar-refractivity contribution in [3.63, 3.8) is 0 Å². The molecule has 0 aromatic heterocycles. The van der Waals surface area contributed by atoms with Crippen molar-refractivity contribution in [1.82, 2.24) is 0 Å². The molecule has 0 aliphatic rings. The van der Waals surface area contributed by atoms with Gasteiger partial charge in [0.15, 0.2) is 0 Å². The molecule has 0 amide bonds. The van der Waals surface area contributed by atoms with Gasteiger partial charge in [0.2, 0.25) is 0 Å². The fourth-order valence-electron chi connectivity index (χ4n) is 1.93. The number of hydrogen-bond donors (Lipinski definition) is 1. The van der Waals surface area contributed by atoms with Crippen LogP contribution in [0.3, 0.4) is 0 Å². The van der Waals surface area contributed by atoms with Gasteiger partial charge in [-0.15, -0.1) is 0 Å². The van der Waals surface area contributed by atoms with Crippen molar-refractivity contribution in [3.8, 4) is 0 Å². The maximum Gasteiger partial charge on any atom is 0.416 e. The minimum absolute atomic E-state index is 0.0329. The molecule has 0 atom stereocenters. The van der Waals surface area contributed by atoms with Crippen LogP contribution in [-0.4, -0.2) is 21.5 Å². The molecule has 0 fully saturated rings. The van der Waals surface area contributed by atoms with Crippen LogP contribution in [0.5, 0.6) is 0 Å². The monoisotopic (exact) mass is 393 g/mol. The molecule has 2 rings (SSSR count). The summed E-state index contributed by atoms with van der Waals surface area (Å²) in [7, 11) is -3.11. The number of sulfonamides is 1. The molecule has 0 aliphatic heterocycles. The van der Waals surface area contributed by atoms with Crippen molar-refractivity contribution in [3.05, 3.63) is 58.6 Å². The lowest BCUT2D eigenvalue weighted by Crippen LogP contribution is -2.15. The lowest BCUT2D eigenvalue weighted by molar-refractivity contribution is -0.137. The number of ether oxygens (including phenoxy) is 1. The minimum Gasteiger partial charge on any atom is -0.465 e. The first-order chi connectivity index (χ1) is 11.5.